The van der Waals surface area contributed by atoms with Crippen LogP contribution in [0.15, 0.2) is 36.4 Å². The van der Waals surface area contributed by atoms with Crippen molar-refractivity contribution in [1.29, 1.82) is 0 Å². The maximum atomic E-state index is 13.4. The van der Waals surface area contributed by atoms with E-state index in [1.165, 1.54) is 38.1 Å². The molecule has 7 heteroatoms. The van der Waals surface area contributed by atoms with Crippen molar-refractivity contribution in [3.05, 3.63) is 65.0 Å². The molecule has 0 saturated carbocycles. The molecule has 0 aliphatic rings. The minimum Gasteiger partial charge on any atom is -0.386 e. The molecule has 24 heavy (non-hydrogen) atoms. The number of halogens is 3. The Morgan fingerprint density at radius 3 is 2.46 bits per heavy atom. The van der Waals surface area contributed by atoms with Crippen LogP contribution in [0, 0.1) is 24.4 Å². The number of carbonyl (C=O) groups excluding carboxylic acids is 1. The fraction of sp³-hybridized carbons (Fsp3) is 0.235. The van der Waals surface area contributed by atoms with Crippen LogP contribution in [-0.4, -0.2) is 17.2 Å². The van der Waals surface area contributed by atoms with E-state index in [1.807, 2.05) is 0 Å². The molecule has 0 aliphatic heterocycles. The van der Waals surface area contributed by atoms with Gasteiger partial charge in [-0.25, -0.2) is 18.0 Å². The molecule has 0 fully saturated rings. The highest BCUT2D eigenvalue weighted by atomic mass is 19.2. The number of hydrogen-bond acceptors (Lipinski definition) is 2. The summed E-state index contributed by atoms with van der Waals surface area (Å²) in [6.45, 7) is 3.02. The number of amides is 2. The number of aliphatic hydroxyl groups excluding tert-OH is 1. The molecule has 4 nitrogen and oxygen atoms in total. The second-order valence-corrected chi connectivity index (χ2v) is 5.42. The van der Waals surface area contributed by atoms with Gasteiger partial charge < -0.3 is 15.7 Å². The van der Waals surface area contributed by atoms with E-state index in [2.05, 4.69) is 10.6 Å². The summed E-state index contributed by atoms with van der Waals surface area (Å²) in [5, 5.41) is 15.1. The fourth-order valence-corrected chi connectivity index (χ4v) is 2.17. The first-order valence-corrected chi connectivity index (χ1v) is 7.25. The lowest BCUT2D eigenvalue weighted by Gasteiger charge is -2.21. The summed E-state index contributed by atoms with van der Waals surface area (Å²) in [7, 11) is 0. The standard InChI is InChI=1S/C17H17F3N2O2/c1-9-12(18)4-3-5-15(9)22-17(24)21-10(2)16(23)11-6-7-13(19)14(20)8-11/h3-8,10,16,23H,1-2H3,(H2,21,22,24). The second-order valence-electron chi connectivity index (χ2n) is 5.42. The van der Waals surface area contributed by atoms with Crippen LogP contribution in [-0.2, 0) is 0 Å². The summed E-state index contributed by atoms with van der Waals surface area (Å²) in [6.07, 6.45) is -1.24. The Labute approximate surface area is 137 Å². The predicted molar refractivity (Wildman–Crippen MR) is 84.1 cm³/mol. The Hall–Kier alpha value is -2.54. The first kappa shape index (κ1) is 17.8. The molecule has 0 aliphatic carbocycles. The lowest BCUT2D eigenvalue weighted by molar-refractivity contribution is 0.138. The number of urea groups is 1. The minimum absolute atomic E-state index is 0.128. The number of rotatable bonds is 4. The highest BCUT2D eigenvalue weighted by Crippen LogP contribution is 2.20. The van der Waals surface area contributed by atoms with Crippen LogP contribution >= 0.6 is 0 Å². The Balaban J connectivity index is 2.02. The molecule has 3 N–H and O–H groups in total. The molecule has 0 spiro atoms. The van der Waals surface area contributed by atoms with Gasteiger partial charge in [-0.3, -0.25) is 0 Å². The van der Waals surface area contributed by atoms with E-state index in [9.17, 15) is 23.1 Å². The van der Waals surface area contributed by atoms with Gasteiger partial charge in [0.1, 0.15) is 5.82 Å². The van der Waals surface area contributed by atoms with Crippen LogP contribution in [0.2, 0.25) is 0 Å². The third-order valence-corrected chi connectivity index (χ3v) is 3.63. The maximum absolute atomic E-state index is 13.4. The molecular formula is C17H17F3N2O2. The second kappa shape index (κ2) is 7.35. The predicted octanol–water partition coefficient (Wildman–Crippen LogP) is 3.66. The van der Waals surface area contributed by atoms with Gasteiger partial charge in [-0.05, 0) is 43.7 Å². The number of hydrogen-bond donors (Lipinski definition) is 3. The van der Waals surface area contributed by atoms with Crippen molar-refractivity contribution in [2.45, 2.75) is 26.0 Å². The van der Waals surface area contributed by atoms with Gasteiger partial charge in [-0.2, -0.15) is 0 Å². The van der Waals surface area contributed by atoms with Gasteiger partial charge in [-0.15, -0.1) is 0 Å². The molecule has 2 aromatic carbocycles. The average molecular weight is 338 g/mol. The fourth-order valence-electron chi connectivity index (χ4n) is 2.17. The van der Waals surface area contributed by atoms with E-state index < -0.39 is 35.6 Å². The smallest absolute Gasteiger partial charge is 0.319 e. The molecule has 0 aromatic heterocycles. The first-order chi connectivity index (χ1) is 11.3. The topological polar surface area (TPSA) is 61.4 Å². The average Bonchev–Trinajstić information content (AvgIpc) is 2.53. The van der Waals surface area contributed by atoms with Crippen LogP contribution in [0.4, 0.5) is 23.7 Å². The highest BCUT2D eigenvalue weighted by molar-refractivity contribution is 5.90. The van der Waals surface area contributed by atoms with E-state index >= 15 is 0 Å². The monoisotopic (exact) mass is 338 g/mol. The Morgan fingerprint density at radius 1 is 1.08 bits per heavy atom. The molecule has 0 heterocycles. The summed E-state index contributed by atoms with van der Waals surface area (Å²) in [5.74, 6) is -2.56. The molecule has 0 radical (unpaired) electrons. The lowest BCUT2D eigenvalue weighted by atomic mass is 10.0. The van der Waals surface area contributed by atoms with E-state index in [0.29, 0.717) is 5.69 Å². The van der Waals surface area contributed by atoms with E-state index in [-0.39, 0.29) is 11.1 Å². The van der Waals surface area contributed by atoms with Crippen LogP contribution in [0.25, 0.3) is 0 Å². The van der Waals surface area contributed by atoms with E-state index in [0.717, 1.165) is 12.1 Å². The molecule has 2 aromatic rings. The normalized spacial score (nSPS) is 13.2. The molecule has 128 valence electrons. The SMILES string of the molecule is Cc1c(F)cccc1NC(=O)NC(C)C(O)c1ccc(F)c(F)c1. The minimum atomic E-state index is -1.24. The number of nitrogens with one attached hydrogen (secondary N) is 2. The first-order valence-electron chi connectivity index (χ1n) is 7.25. The van der Waals surface area contributed by atoms with Gasteiger partial charge in [0, 0.05) is 11.3 Å². The zero-order valence-electron chi connectivity index (χ0n) is 13.1. The van der Waals surface area contributed by atoms with Crippen LogP contribution in [0.1, 0.15) is 24.2 Å². The van der Waals surface area contributed by atoms with Gasteiger partial charge >= 0.3 is 6.03 Å². The van der Waals surface area contributed by atoms with Gasteiger partial charge in [0.2, 0.25) is 0 Å². The van der Waals surface area contributed by atoms with E-state index in [1.54, 1.807) is 0 Å². The van der Waals surface area contributed by atoms with Crippen LogP contribution < -0.4 is 10.6 Å². The van der Waals surface area contributed by atoms with Gasteiger partial charge in [0.05, 0.1) is 12.1 Å². The van der Waals surface area contributed by atoms with Crippen molar-refractivity contribution in [3.8, 4) is 0 Å². The van der Waals surface area contributed by atoms with Crippen molar-refractivity contribution in [2.75, 3.05) is 5.32 Å². The molecule has 0 bridgehead atoms. The van der Waals surface area contributed by atoms with Gasteiger partial charge in [0.15, 0.2) is 11.6 Å². The summed E-state index contributed by atoms with van der Waals surface area (Å²) in [6, 6.07) is 5.82. The third-order valence-electron chi connectivity index (χ3n) is 3.63. The molecule has 2 unspecified atom stereocenters. The number of benzene rings is 2. The zero-order valence-corrected chi connectivity index (χ0v) is 13.1. The summed E-state index contributed by atoms with van der Waals surface area (Å²) in [4.78, 5) is 12.0. The van der Waals surface area contributed by atoms with Gasteiger partial charge in [-0.1, -0.05) is 12.1 Å². The summed E-state index contributed by atoms with van der Waals surface area (Å²) >= 11 is 0. The summed E-state index contributed by atoms with van der Waals surface area (Å²) < 4.78 is 39.6. The Morgan fingerprint density at radius 2 is 1.79 bits per heavy atom. The van der Waals surface area contributed by atoms with Crippen molar-refractivity contribution < 1.29 is 23.1 Å². The molecule has 2 atom stereocenters. The summed E-state index contributed by atoms with van der Waals surface area (Å²) in [5.41, 5.74) is 0.701. The van der Waals surface area contributed by atoms with Crippen molar-refractivity contribution in [2.24, 2.45) is 0 Å². The number of carbonyl (C=O) groups is 1. The quantitative estimate of drug-likeness (QED) is 0.797. The van der Waals surface area contributed by atoms with E-state index in [4.69, 9.17) is 0 Å². The molecule has 2 amide bonds. The lowest BCUT2D eigenvalue weighted by Crippen LogP contribution is -2.39. The van der Waals surface area contributed by atoms with Crippen molar-refractivity contribution in [3.63, 3.8) is 0 Å². The van der Waals surface area contributed by atoms with Crippen molar-refractivity contribution in [1.82, 2.24) is 5.32 Å². The van der Waals surface area contributed by atoms with Crippen LogP contribution in [0.3, 0.4) is 0 Å². The highest BCUT2D eigenvalue weighted by Gasteiger charge is 2.20. The maximum Gasteiger partial charge on any atom is 0.319 e. The Bertz CT molecular complexity index is 753. The zero-order chi connectivity index (χ0) is 17.9. The number of aliphatic hydroxyl groups is 1. The van der Waals surface area contributed by atoms with Gasteiger partial charge in [0.25, 0.3) is 0 Å². The largest absolute Gasteiger partial charge is 0.386 e. The number of anilines is 1. The molecule has 0 saturated heterocycles. The third kappa shape index (κ3) is 4.05. The van der Waals surface area contributed by atoms with Crippen molar-refractivity contribution >= 4 is 11.7 Å². The Kier molecular flexibility index (Phi) is 5.46. The molecular weight excluding hydrogens is 321 g/mol. The van der Waals surface area contributed by atoms with Crippen LogP contribution in [0.5, 0.6) is 0 Å². The molecule has 2 rings (SSSR count).